The van der Waals surface area contributed by atoms with Gasteiger partial charge >= 0.3 is 18.2 Å². The number of piperidine rings is 1. The van der Waals surface area contributed by atoms with E-state index in [1.165, 1.54) is 4.90 Å². The minimum absolute atomic E-state index is 0.0675. The average Bonchev–Trinajstić information content (AvgIpc) is 2.46. The van der Waals surface area contributed by atoms with Gasteiger partial charge in [0.25, 0.3) is 0 Å². The Morgan fingerprint density at radius 3 is 2.39 bits per heavy atom. The van der Waals surface area contributed by atoms with E-state index in [2.05, 4.69) is 5.32 Å². The summed E-state index contributed by atoms with van der Waals surface area (Å²) in [6, 6.07) is 2.22. The smallest absolute Gasteiger partial charge is 0.418 e. The highest BCUT2D eigenvalue weighted by molar-refractivity contribution is 6.31. The van der Waals surface area contributed by atoms with E-state index in [1.807, 2.05) is 0 Å². The zero-order chi connectivity index (χ0) is 17.2. The largest absolute Gasteiger partial charge is 0.481 e. The Hall–Kier alpha value is -1.96. The number of hydrogen-bond acceptors (Lipinski definition) is 2. The summed E-state index contributed by atoms with van der Waals surface area (Å²) in [4.78, 5) is 24.2. The van der Waals surface area contributed by atoms with Gasteiger partial charge in [-0.15, -0.1) is 0 Å². The van der Waals surface area contributed by atoms with Gasteiger partial charge in [-0.25, -0.2) is 4.79 Å². The third-order valence-corrected chi connectivity index (χ3v) is 3.90. The minimum atomic E-state index is -4.62. The first-order valence-electron chi connectivity index (χ1n) is 6.84. The molecule has 5 nitrogen and oxygen atoms in total. The normalized spacial score (nSPS) is 16.3. The third-order valence-electron chi connectivity index (χ3n) is 3.66. The van der Waals surface area contributed by atoms with Gasteiger partial charge in [0.15, 0.2) is 0 Å². The number of urea groups is 1. The number of alkyl halides is 3. The molecule has 1 fully saturated rings. The minimum Gasteiger partial charge on any atom is -0.481 e. The molecule has 2 amide bonds. The molecule has 126 valence electrons. The molecule has 23 heavy (non-hydrogen) atoms. The van der Waals surface area contributed by atoms with Crippen molar-refractivity contribution in [3.63, 3.8) is 0 Å². The van der Waals surface area contributed by atoms with Crippen molar-refractivity contribution in [2.75, 3.05) is 18.4 Å². The average molecular weight is 351 g/mol. The van der Waals surface area contributed by atoms with Crippen LogP contribution in [0.2, 0.25) is 5.02 Å². The first kappa shape index (κ1) is 17.4. The zero-order valence-corrected chi connectivity index (χ0v) is 12.6. The summed E-state index contributed by atoms with van der Waals surface area (Å²) in [5.41, 5.74) is -1.41. The van der Waals surface area contributed by atoms with Crippen LogP contribution in [0.5, 0.6) is 0 Å². The van der Waals surface area contributed by atoms with E-state index in [9.17, 15) is 22.8 Å². The quantitative estimate of drug-likeness (QED) is 0.854. The molecule has 0 bridgehead atoms. The summed E-state index contributed by atoms with van der Waals surface area (Å²) in [5, 5.41) is 11.2. The molecule has 1 heterocycles. The summed E-state index contributed by atoms with van der Waals surface area (Å²) >= 11 is 5.69. The molecule has 1 aromatic rings. The van der Waals surface area contributed by atoms with E-state index in [0.29, 0.717) is 0 Å². The first-order valence-corrected chi connectivity index (χ1v) is 7.22. The first-order chi connectivity index (χ1) is 10.7. The molecule has 0 unspecified atom stereocenters. The summed E-state index contributed by atoms with van der Waals surface area (Å²) in [6.45, 7) is 0.343. The fourth-order valence-electron chi connectivity index (χ4n) is 2.39. The Morgan fingerprint density at radius 2 is 1.87 bits per heavy atom. The van der Waals surface area contributed by atoms with Crippen LogP contribution in [-0.4, -0.2) is 35.1 Å². The van der Waals surface area contributed by atoms with Crippen molar-refractivity contribution < 1.29 is 27.9 Å². The second-order valence-electron chi connectivity index (χ2n) is 5.22. The van der Waals surface area contributed by atoms with Crippen LogP contribution >= 0.6 is 11.6 Å². The van der Waals surface area contributed by atoms with Gasteiger partial charge in [0, 0.05) is 18.1 Å². The van der Waals surface area contributed by atoms with Crippen molar-refractivity contribution in [1.82, 2.24) is 4.90 Å². The Morgan fingerprint density at radius 1 is 1.26 bits per heavy atom. The summed E-state index contributed by atoms with van der Waals surface area (Å²) in [5.74, 6) is -1.46. The number of nitrogens with zero attached hydrogens (tertiary/aromatic N) is 1. The summed E-state index contributed by atoms with van der Waals surface area (Å²) < 4.78 is 38.8. The maximum atomic E-state index is 12.9. The molecule has 0 saturated carbocycles. The van der Waals surface area contributed by atoms with Gasteiger partial charge in [0.05, 0.1) is 17.2 Å². The Bertz CT molecular complexity index is 614. The number of hydrogen-bond donors (Lipinski definition) is 2. The molecule has 0 spiro atoms. The fraction of sp³-hybridized carbons (Fsp3) is 0.429. The van der Waals surface area contributed by atoms with Gasteiger partial charge in [0.1, 0.15) is 0 Å². The molecule has 0 aromatic heterocycles. The number of aliphatic carboxylic acids is 1. The highest BCUT2D eigenvalue weighted by atomic mass is 35.5. The van der Waals surface area contributed by atoms with Crippen LogP contribution in [-0.2, 0) is 11.0 Å². The molecule has 1 aromatic carbocycles. The third kappa shape index (κ3) is 4.28. The SMILES string of the molecule is O=C(O)C1CCN(C(=O)Nc2cc(Cl)ccc2C(F)(F)F)CC1. The molecule has 0 atom stereocenters. The lowest BCUT2D eigenvalue weighted by molar-refractivity contribution is -0.143. The second-order valence-corrected chi connectivity index (χ2v) is 5.65. The number of amides is 2. The van der Waals surface area contributed by atoms with Crippen LogP contribution in [0.1, 0.15) is 18.4 Å². The van der Waals surface area contributed by atoms with Crippen molar-refractivity contribution in [3.8, 4) is 0 Å². The maximum Gasteiger partial charge on any atom is 0.418 e. The number of carboxylic acids is 1. The van der Waals surface area contributed by atoms with Gasteiger partial charge < -0.3 is 15.3 Å². The Balaban J connectivity index is 2.09. The van der Waals surface area contributed by atoms with Crippen LogP contribution in [0.25, 0.3) is 0 Å². The van der Waals surface area contributed by atoms with Gasteiger partial charge in [-0.05, 0) is 31.0 Å². The topological polar surface area (TPSA) is 69.6 Å². The van der Waals surface area contributed by atoms with E-state index >= 15 is 0 Å². The standard InChI is InChI=1S/C14H14ClF3N2O3/c15-9-1-2-10(14(16,17)18)11(7-9)19-13(23)20-5-3-8(4-6-20)12(21)22/h1-2,7-8H,3-6H2,(H,19,23)(H,21,22). The van der Waals surface area contributed by atoms with E-state index in [4.69, 9.17) is 16.7 Å². The van der Waals surface area contributed by atoms with Crippen molar-refractivity contribution in [1.29, 1.82) is 0 Å². The lowest BCUT2D eigenvalue weighted by atomic mass is 9.97. The number of carbonyl (C=O) groups excluding carboxylic acids is 1. The lowest BCUT2D eigenvalue weighted by Gasteiger charge is -2.30. The highest BCUT2D eigenvalue weighted by Gasteiger charge is 2.35. The predicted molar refractivity (Wildman–Crippen MR) is 77.4 cm³/mol. The molecular formula is C14H14ClF3N2O3. The number of rotatable bonds is 2. The van der Waals surface area contributed by atoms with Crippen molar-refractivity contribution in [2.45, 2.75) is 19.0 Å². The van der Waals surface area contributed by atoms with Crippen LogP contribution < -0.4 is 5.32 Å². The molecule has 9 heteroatoms. The number of carbonyl (C=O) groups is 2. The summed E-state index contributed by atoms with van der Waals surface area (Å²) in [7, 11) is 0. The second kappa shape index (κ2) is 6.66. The van der Waals surface area contributed by atoms with Gasteiger partial charge in [-0.1, -0.05) is 11.6 Å². The maximum absolute atomic E-state index is 12.9. The molecule has 1 saturated heterocycles. The highest BCUT2D eigenvalue weighted by Crippen LogP contribution is 2.36. The van der Waals surface area contributed by atoms with E-state index < -0.39 is 35.3 Å². The van der Waals surface area contributed by atoms with E-state index in [-0.39, 0.29) is 31.0 Å². The van der Waals surface area contributed by atoms with Gasteiger partial charge in [-0.2, -0.15) is 13.2 Å². The summed E-state index contributed by atoms with van der Waals surface area (Å²) in [6.07, 6.45) is -4.08. The number of anilines is 1. The fourth-order valence-corrected chi connectivity index (χ4v) is 2.56. The van der Waals surface area contributed by atoms with Crippen LogP contribution in [0, 0.1) is 5.92 Å². The zero-order valence-electron chi connectivity index (χ0n) is 11.9. The van der Waals surface area contributed by atoms with E-state index in [0.717, 1.165) is 18.2 Å². The molecule has 2 N–H and O–H groups in total. The monoisotopic (exact) mass is 350 g/mol. The van der Waals surface area contributed by atoms with Crippen LogP contribution in [0.3, 0.4) is 0 Å². The van der Waals surface area contributed by atoms with Crippen molar-refractivity contribution in [3.05, 3.63) is 28.8 Å². The number of carboxylic acid groups (broad SMARTS) is 1. The van der Waals surface area contributed by atoms with Crippen molar-refractivity contribution >= 4 is 29.3 Å². The number of benzene rings is 1. The van der Waals surface area contributed by atoms with Gasteiger partial charge in [-0.3, -0.25) is 4.79 Å². The number of halogens is 4. The molecular weight excluding hydrogens is 337 g/mol. The Labute approximate surface area is 135 Å². The predicted octanol–water partition coefficient (Wildman–Crippen LogP) is 3.69. The molecule has 2 rings (SSSR count). The molecule has 1 aliphatic heterocycles. The van der Waals surface area contributed by atoms with Gasteiger partial charge in [0.2, 0.25) is 0 Å². The molecule has 0 aliphatic carbocycles. The Kier molecular flexibility index (Phi) is 5.03. The molecule has 1 aliphatic rings. The van der Waals surface area contributed by atoms with Crippen LogP contribution in [0.15, 0.2) is 18.2 Å². The van der Waals surface area contributed by atoms with Crippen LogP contribution in [0.4, 0.5) is 23.7 Å². The number of nitrogens with one attached hydrogen (secondary N) is 1. The van der Waals surface area contributed by atoms with Crippen molar-refractivity contribution in [2.24, 2.45) is 5.92 Å². The molecule has 0 radical (unpaired) electrons. The van der Waals surface area contributed by atoms with E-state index in [1.54, 1.807) is 0 Å². The number of likely N-dealkylation sites (tertiary alicyclic amines) is 1. The lowest BCUT2D eigenvalue weighted by Crippen LogP contribution is -2.42.